The molecule has 11 heteroatoms. The molecule has 0 unspecified atom stereocenters. The second-order valence-corrected chi connectivity index (χ2v) is 10.7. The summed E-state index contributed by atoms with van der Waals surface area (Å²) in [5.41, 5.74) is 1.29. The number of anilines is 2. The van der Waals surface area contributed by atoms with E-state index in [0.717, 1.165) is 14.8 Å². The maximum absolute atomic E-state index is 13.6. The van der Waals surface area contributed by atoms with Crippen LogP contribution in [0.3, 0.4) is 0 Å². The molecule has 0 spiro atoms. The van der Waals surface area contributed by atoms with Crippen LogP contribution in [0.4, 0.5) is 16.2 Å². The van der Waals surface area contributed by atoms with Crippen molar-refractivity contribution in [3.63, 3.8) is 0 Å². The Morgan fingerprint density at radius 3 is 2.15 bits per heavy atom. The molecule has 206 valence electrons. The van der Waals surface area contributed by atoms with Crippen LogP contribution in [0.25, 0.3) is 0 Å². The normalized spacial score (nSPS) is 11.0. The van der Waals surface area contributed by atoms with E-state index in [1.807, 2.05) is 30.3 Å². The molecular weight excluding hydrogens is 522 g/mol. The number of ether oxygens (including phenoxy) is 2. The molecule has 3 aromatic carbocycles. The molecule has 3 aromatic rings. The summed E-state index contributed by atoms with van der Waals surface area (Å²) in [5, 5.41) is 2.60. The van der Waals surface area contributed by atoms with Gasteiger partial charge in [0.25, 0.3) is 10.0 Å². The predicted octanol–water partition coefficient (Wildman–Crippen LogP) is 4.04. The van der Waals surface area contributed by atoms with E-state index < -0.39 is 40.6 Å². The van der Waals surface area contributed by atoms with Gasteiger partial charge in [0, 0.05) is 12.7 Å². The molecule has 0 heterocycles. The van der Waals surface area contributed by atoms with Crippen molar-refractivity contribution in [1.29, 1.82) is 0 Å². The fourth-order valence-electron chi connectivity index (χ4n) is 3.50. The summed E-state index contributed by atoms with van der Waals surface area (Å²) in [7, 11) is -2.80. The third kappa shape index (κ3) is 8.57. The van der Waals surface area contributed by atoms with Gasteiger partial charge in [-0.05, 0) is 49.7 Å². The lowest BCUT2D eigenvalue weighted by atomic mass is 10.2. The molecule has 0 aliphatic carbocycles. The minimum Gasteiger partial charge on any atom is -0.462 e. The first-order valence-electron chi connectivity index (χ1n) is 12.2. The van der Waals surface area contributed by atoms with Crippen LogP contribution in [0.15, 0.2) is 89.8 Å². The Kier molecular flexibility index (Phi) is 10.0. The molecule has 2 amide bonds. The van der Waals surface area contributed by atoms with E-state index in [0.29, 0.717) is 0 Å². The summed E-state index contributed by atoms with van der Waals surface area (Å²) >= 11 is 0. The van der Waals surface area contributed by atoms with Gasteiger partial charge in [-0.2, -0.15) is 0 Å². The molecule has 0 saturated carbocycles. The Balaban J connectivity index is 1.70. The number of benzene rings is 3. The number of hydrogen-bond donors (Lipinski definition) is 1. The van der Waals surface area contributed by atoms with Crippen LogP contribution < -0.4 is 9.62 Å². The lowest BCUT2D eigenvalue weighted by molar-refractivity contribution is -0.145. The van der Waals surface area contributed by atoms with Crippen LogP contribution in [0, 0.1) is 0 Å². The molecule has 0 aliphatic rings. The number of nitrogens with one attached hydrogen (secondary N) is 1. The van der Waals surface area contributed by atoms with Crippen LogP contribution in [-0.4, -0.2) is 57.5 Å². The Morgan fingerprint density at radius 1 is 0.872 bits per heavy atom. The van der Waals surface area contributed by atoms with Gasteiger partial charge in [0.05, 0.1) is 16.7 Å². The summed E-state index contributed by atoms with van der Waals surface area (Å²) in [6.45, 7) is 2.56. The zero-order valence-electron chi connectivity index (χ0n) is 21.9. The molecular formula is C28H31N3O7S. The average molecular weight is 554 g/mol. The van der Waals surface area contributed by atoms with Crippen molar-refractivity contribution >= 4 is 39.4 Å². The summed E-state index contributed by atoms with van der Waals surface area (Å²) in [6.07, 6.45) is -1.10. The van der Waals surface area contributed by atoms with Crippen LogP contribution in [-0.2, 0) is 35.7 Å². The van der Waals surface area contributed by atoms with Crippen molar-refractivity contribution in [2.75, 3.05) is 29.8 Å². The molecule has 10 nitrogen and oxygen atoms in total. The van der Waals surface area contributed by atoms with Gasteiger partial charge < -0.3 is 19.7 Å². The lowest BCUT2D eigenvalue weighted by Gasteiger charge is -2.24. The van der Waals surface area contributed by atoms with Crippen LogP contribution in [0.1, 0.15) is 19.4 Å². The first-order valence-corrected chi connectivity index (χ1v) is 13.6. The lowest BCUT2D eigenvalue weighted by Crippen LogP contribution is -2.37. The van der Waals surface area contributed by atoms with Crippen molar-refractivity contribution in [2.45, 2.75) is 31.5 Å². The zero-order chi connectivity index (χ0) is 28.4. The highest BCUT2D eigenvalue weighted by atomic mass is 32.2. The number of amides is 2. The maximum Gasteiger partial charge on any atom is 0.410 e. The fraction of sp³-hybridized carbons (Fsp3) is 0.250. The van der Waals surface area contributed by atoms with Gasteiger partial charge in [-0.25, -0.2) is 13.2 Å². The van der Waals surface area contributed by atoms with Crippen molar-refractivity contribution in [1.82, 2.24) is 4.90 Å². The van der Waals surface area contributed by atoms with Gasteiger partial charge in [-0.1, -0.05) is 54.6 Å². The van der Waals surface area contributed by atoms with E-state index >= 15 is 0 Å². The first kappa shape index (κ1) is 29.2. The summed E-state index contributed by atoms with van der Waals surface area (Å²) in [5.74, 6) is -1.26. The first-order chi connectivity index (χ1) is 18.6. The summed E-state index contributed by atoms with van der Waals surface area (Å²) in [6, 6.07) is 22.9. The predicted molar refractivity (Wildman–Crippen MR) is 147 cm³/mol. The molecule has 0 atom stereocenters. The number of rotatable bonds is 11. The van der Waals surface area contributed by atoms with Crippen LogP contribution in [0.5, 0.6) is 0 Å². The largest absolute Gasteiger partial charge is 0.462 e. The number of esters is 1. The number of carbonyl (C=O) groups excluding carboxylic acids is 3. The number of hydrogen-bond acceptors (Lipinski definition) is 7. The molecule has 39 heavy (non-hydrogen) atoms. The topological polar surface area (TPSA) is 122 Å². The molecule has 1 N–H and O–H groups in total. The number of likely N-dealkylation sites (N-methyl/N-ethyl adjacent to an activating group) is 1. The van der Waals surface area contributed by atoms with Gasteiger partial charge in [0.15, 0.2) is 0 Å². The Bertz CT molecular complexity index is 1380. The van der Waals surface area contributed by atoms with Crippen LogP contribution >= 0.6 is 0 Å². The Labute approximate surface area is 228 Å². The van der Waals surface area contributed by atoms with Crippen molar-refractivity contribution < 1.29 is 32.3 Å². The highest BCUT2D eigenvalue weighted by Gasteiger charge is 2.28. The van der Waals surface area contributed by atoms with E-state index in [-0.39, 0.29) is 29.4 Å². The number of carbonyl (C=O) groups is 3. The standard InChI is InChI=1S/C28H31N3O7S/c1-21(2)38-27(33)19-31(24-14-8-5-9-15-24)39(35,36)25-16-10-13-23(17-25)29-26(32)18-30(3)28(34)37-20-22-11-6-4-7-12-22/h4-17,21H,18-20H2,1-3H3,(H,29,32). The highest BCUT2D eigenvalue weighted by molar-refractivity contribution is 7.92. The Hall–Kier alpha value is -4.38. The van der Waals surface area contributed by atoms with E-state index in [4.69, 9.17) is 9.47 Å². The zero-order valence-corrected chi connectivity index (χ0v) is 22.8. The monoisotopic (exact) mass is 553 g/mol. The molecule has 0 aliphatic heterocycles. The number of nitrogens with zero attached hydrogens (tertiary/aromatic N) is 2. The molecule has 0 bridgehead atoms. The molecule has 3 rings (SSSR count). The van der Waals surface area contributed by atoms with E-state index in [1.54, 1.807) is 44.2 Å². The van der Waals surface area contributed by atoms with Crippen molar-refractivity contribution in [3.05, 3.63) is 90.5 Å². The maximum atomic E-state index is 13.6. The van der Waals surface area contributed by atoms with Gasteiger partial charge in [-0.3, -0.25) is 13.9 Å². The van der Waals surface area contributed by atoms with Crippen LogP contribution in [0.2, 0.25) is 0 Å². The minimum atomic E-state index is -4.22. The van der Waals surface area contributed by atoms with Gasteiger partial charge in [-0.15, -0.1) is 0 Å². The second kappa shape index (κ2) is 13.4. The quantitative estimate of drug-likeness (QED) is 0.356. The summed E-state index contributed by atoms with van der Waals surface area (Å²) in [4.78, 5) is 38.2. The SMILES string of the molecule is CC(C)OC(=O)CN(c1ccccc1)S(=O)(=O)c1cccc(NC(=O)CN(C)C(=O)OCc2ccccc2)c1. The fourth-order valence-corrected chi connectivity index (χ4v) is 4.95. The van der Waals surface area contributed by atoms with Crippen molar-refractivity contribution in [3.8, 4) is 0 Å². The second-order valence-electron chi connectivity index (χ2n) is 8.86. The molecule has 0 aromatic heterocycles. The third-order valence-corrected chi connectivity index (χ3v) is 7.06. The molecule has 0 saturated heterocycles. The Morgan fingerprint density at radius 2 is 1.51 bits per heavy atom. The third-order valence-electron chi connectivity index (χ3n) is 5.29. The molecule has 0 radical (unpaired) electrons. The smallest absolute Gasteiger partial charge is 0.410 e. The highest BCUT2D eigenvalue weighted by Crippen LogP contribution is 2.25. The van der Waals surface area contributed by atoms with Gasteiger partial charge in [0.1, 0.15) is 19.7 Å². The molecule has 0 fully saturated rings. The van der Waals surface area contributed by atoms with E-state index in [1.165, 1.54) is 31.3 Å². The van der Waals surface area contributed by atoms with Gasteiger partial charge >= 0.3 is 12.1 Å². The average Bonchev–Trinajstić information content (AvgIpc) is 2.91. The summed E-state index contributed by atoms with van der Waals surface area (Å²) < 4.78 is 38.5. The van der Waals surface area contributed by atoms with Crippen molar-refractivity contribution in [2.24, 2.45) is 0 Å². The van der Waals surface area contributed by atoms with E-state index in [2.05, 4.69) is 5.32 Å². The number of sulfonamides is 1. The number of para-hydroxylation sites is 1. The minimum absolute atomic E-state index is 0.0637. The van der Waals surface area contributed by atoms with Gasteiger partial charge in [0.2, 0.25) is 5.91 Å². The van der Waals surface area contributed by atoms with E-state index in [9.17, 15) is 22.8 Å².